The first-order chi connectivity index (χ1) is 49.7. The van der Waals surface area contributed by atoms with Crippen LogP contribution in [-0.2, 0) is 46.5 Å². The fraction of sp³-hybridized carbons (Fsp3) is 0.347. The molecule has 0 spiro atoms. The molecule has 6 aliphatic rings. The summed E-state index contributed by atoms with van der Waals surface area (Å²) in [5, 5.41) is 105. The number of fused-ring (bicyclic) bond motifs is 14. The number of carbonyl (C=O) groups excluding carboxylic acids is 7. The monoisotopic (exact) mass is 1470 g/mol. The molecule has 13 rings (SSSR count). The molecule has 17 bridgehead atoms. The number of quaternary nitrogens is 1. The molecule has 0 unspecified atom stereocenters. The molecule has 0 radical (unpaired) electrons. The van der Waals surface area contributed by atoms with E-state index in [0.717, 1.165) is 66.8 Å². The molecule has 27 nitrogen and oxygen atoms in total. The zero-order valence-electron chi connectivity index (χ0n) is 57.4. The third-order valence-electron chi connectivity index (χ3n) is 19.0. The summed E-state index contributed by atoms with van der Waals surface area (Å²) in [6, 6.07) is 8.73. The Bertz CT molecular complexity index is 4500. The summed E-state index contributed by atoms with van der Waals surface area (Å²) in [5.74, 6) is -13.3. The van der Waals surface area contributed by atoms with Crippen LogP contribution in [0.5, 0.6) is 69.0 Å². The molecule has 6 aliphatic heterocycles. The van der Waals surface area contributed by atoms with Crippen molar-refractivity contribution < 1.29 is 88.0 Å². The van der Waals surface area contributed by atoms with Gasteiger partial charge >= 0.3 is 0 Å². The number of nitrogens with one attached hydrogen (secondary N) is 8. The van der Waals surface area contributed by atoms with E-state index < -0.39 is 136 Å². The first kappa shape index (κ1) is 74.6. The molecule has 0 saturated carbocycles. The second-order valence-corrected chi connectivity index (χ2v) is 27.8. The Morgan fingerprint density at radius 3 is 1.81 bits per heavy atom. The van der Waals surface area contributed by atoms with Crippen molar-refractivity contribution in [3.05, 3.63) is 164 Å². The third-order valence-corrected chi connectivity index (χ3v) is 19.6. The Morgan fingerprint density at radius 1 is 0.548 bits per heavy atom. The molecule has 104 heavy (non-hydrogen) atoms. The number of halogens is 2. The number of benzene rings is 7. The van der Waals surface area contributed by atoms with E-state index in [1.165, 1.54) is 118 Å². The number of likely N-dealkylation sites (N-methyl/N-ethyl adjacent to an activating group) is 1. The predicted octanol–water partition coefficient (Wildman–Crippen LogP) is 8.34. The van der Waals surface area contributed by atoms with E-state index in [1.807, 2.05) is 0 Å². The first-order valence-corrected chi connectivity index (χ1v) is 35.0. The smallest absolute Gasteiger partial charge is 0.248 e. The highest BCUT2D eigenvalue weighted by Crippen LogP contribution is 2.49. The van der Waals surface area contributed by atoms with Crippen LogP contribution in [-0.4, -0.2) is 134 Å². The van der Waals surface area contributed by atoms with Gasteiger partial charge in [-0.1, -0.05) is 92.9 Å². The van der Waals surface area contributed by atoms with E-state index in [2.05, 4.69) is 63.6 Å². The zero-order chi connectivity index (χ0) is 74.4. The van der Waals surface area contributed by atoms with Crippen molar-refractivity contribution in [2.45, 2.75) is 126 Å². The molecule has 0 saturated heterocycles. The van der Waals surface area contributed by atoms with E-state index in [4.69, 9.17) is 43.1 Å². The van der Waals surface area contributed by atoms with Crippen molar-refractivity contribution in [1.82, 2.24) is 42.5 Å². The van der Waals surface area contributed by atoms with Gasteiger partial charge in [-0.3, -0.25) is 33.6 Å². The van der Waals surface area contributed by atoms with Crippen molar-refractivity contribution in [1.29, 1.82) is 0 Å². The summed E-state index contributed by atoms with van der Waals surface area (Å²) in [6.07, 6.45) is 7.84. The highest BCUT2D eigenvalue weighted by molar-refractivity contribution is 6.32. The van der Waals surface area contributed by atoms with Crippen molar-refractivity contribution in [3.8, 4) is 80.1 Å². The van der Waals surface area contributed by atoms with Gasteiger partial charge in [-0.15, -0.1) is 0 Å². The van der Waals surface area contributed by atoms with E-state index in [-0.39, 0.29) is 96.1 Å². The van der Waals surface area contributed by atoms with Gasteiger partial charge in [0, 0.05) is 50.2 Å². The number of hydrogen-bond donors (Lipinski definition) is 16. The van der Waals surface area contributed by atoms with Crippen LogP contribution < -0.4 is 62.5 Å². The van der Waals surface area contributed by atoms with Crippen LogP contribution in [0, 0.1) is 0 Å². The number of nitrogens with zero attached hydrogens (tertiary/aromatic N) is 1. The van der Waals surface area contributed by atoms with Crippen LogP contribution in [0.1, 0.15) is 146 Å². The van der Waals surface area contributed by atoms with Gasteiger partial charge in [-0.05, 0) is 131 Å². The second-order valence-electron chi connectivity index (χ2n) is 27.0. The highest BCUT2D eigenvalue weighted by atomic mass is 35.5. The number of aliphatic hydroxyl groups excluding tert-OH is 1. The average Bonchev–Trinajstić information content (AvgIpc) is 0.764. The van der Waals surface area contributed by atoms with Crippen LogP contribution >= 0.6 is 23.2 Å². The Balaban J connectivity index is 1.05. The quantitative estimate of drug-likeness (QED) is 0.0319. The first-order valence-electron chi connectivity index (χ1n) is 34.3. The summed E-state index contributed by atoms with van der Waals surface area (Å²) in [4.78, 5) is 106. The van der Waals surface area contributed by atoms with E-state index in [1.54, 1.807) is 0 Å². The van der Waals surface area contributed by atoms with Crippen molar-refractivity contribution in [3.63, 3.8) is 0 Å². The maximum atomic E-state index is 16.1. The maximum absolute atomic E-state index is 16.1. The average molecular weight is 1470 g/mol. The Hall–Kier alpha value is -10.6. The van der Waals surface area contributed by atoms with Crippen molar-refractivity contribution in [2.75, 3.05) is 40.8 Å². The zero-order valence-corrected chi connectivity index (χ0v) is 58.9. The molecule has 6 heterocycles. The van der Waals surface area contributed by atoms with Gasteiger partial charge in [0.25, 0.3) is 0 Å². The molecule has 8 atom stereocenters. The van der Waals surface area contributed by atoms with E-state index in [0.29, 0.717) is 18.5 Å². The number of aromatic hydroxyl groups is 6. The number of nitrogens with two attached hydrogens (primary N) is 1. The number of hydrogen-bond acceptors (Lipinski definition) is 19. The molecule has 7 aromatic rings. The third kappa shape index (κ3) is 16.7. The normalized spacial score (nSPS) is 20.3. The maximum Gasteiger partial charge on any atom is 0.248 e. The molecule has 29 heteroatoms. The summed E-state index contributed by atoms with van der Waals surface area (Å²) in [7, 11) is 5.58. The van der Waals surface area contributed by atoms with Gasteiger partial charge < -0.3 is 103 Å². The van der Waals surface area contributed by atoms with Gasteiger partial charge in [-0.2, -0.15) is 0 Å². The fourth-order valence-electron chi connectivity index (χ4n) is 13.3. The molecule has 7 amide bonds. The molecule has 0 aromatic heterocycles. The molecule has 0 fully saturated rings. The summed E-state index contributed by atoms with van der Waals surface area (Å²) >= 11 is 13.9. The minimum Gasteiger partial charge on any atom is -0.508 e. The minimum atomic E-state index is -2.16. The molecule has 548 valence electrons. The summed E-state index contributed by atoms with van der Waals surface area (Å²) in [5.41, 5.74) is 5.03. The number of aliphatic hydroxyl groups is 1. The van der Waals surface area contributed by atoms with Gasteiger partial charge in [0.15, 0.2) is 23.0 Å². The predicted molar refractivity (Wildman–Crippen MR) is 382 cm³/mol. The molecule has 7 aromatic carbocycles. The largest absolute Gasteiger partial charge is 0.508 e. The lowest BCUT2D eigenvalue weighted by atomic mass is 9.87. The standard InChI is InChI=1S/C75H82Cl2N10O17/c1-5-6-7-8-9-10-11-12-23-87(3,4)24-13-22-80-36-47-53(91)35-46-59(67(47)93)45-29-39(16-18-51(45)89)61-72(98)86-65(75(101)85-64(46)71(97)79-2)66(92)40-17-21-55(49(77)30-40)104-58-33-42-32-57(68(58)94)103-54-20-14-37(25-48(54)76)26-50-69(95)82-62(73(99)84-63(42)74(100)83-61)41-27-43(88)34-44(28-41)102-56-31-38(15-19-52(56)90)60(78)70(96)81-50/h14-21,25,27-35,50,60-66,80,92H,5-13,22-24,26,36,78H2,1-4H3,(H12-,79,81,82,83,84,85,86,88,89,90,91,93,94,95,96,97,98,99,100,101)/p+1/t50-,60+,61-,62+,63-,64+,65+,66-/m1/s1. The number of phenols is 6. The van der Waals surface area contributed by atoms with E-state index in [9.17, 15) is 45.3 Å². The van der Waals surface area contributed by atoms with Crippen molar-refractivity contribution in [2.24, 2.45) is 5.73 Å². The van der Waals surface area contributed by atoms with Gasteiger partial charge in [0.2, 0.25) is 47.1 Å². The van der Waals surface area contributed by atoms with Crippen LogP contribution in [0.4, 0.5) is 0 Å². The SMILES string of the molecule is CCCCCCCCCC[N+](C)(C)CCCNCc1c(O)cc2c(c1O)-c1cc(ccc1O)[C@H]1NC(=O)[C@@H]3NC(=O)[C@H]4NC(=O)[C@@H](Cc5ccc(c(Cl)c5)Oc5cc3cc(c5O)Oc3ccc(cc3Cl)[C@@H](O)[C@H](NC1=O)C(=O)N[C@@H]2C(=O)NC)NC(=O)[C@@H](N)c1ccc(O)c(c1)Oc1cc(O)cc4c1. The van der Waals surface area contributed by atoms with Crippen molar-refractivity contribution >= 4 is 64.6 Å². The minimum absolute atomic E-state index is 0.0970. The van der Waals surface area contributed by atoms with Gasteiger partial charge in [0.1, 0.15) is 88.6 Å². The molecular weight excluding hydrogens is 1380 g/mol. The highest BCUT2D eigenvalue weighted by Gasteiger charge is 2.42. The number of rotatable bonds is 16. The summed E-state index contributed by atoms with van der Waals surface area (Å²) in [6.45, 7) is 4.23. The lowest BCUT2D eigenvalue weighted by Gasteiger charge is -2.32. The fourth-order valence-corrected chi connectivity index (χ4v) is 13.7. The number of ether oxygens (including phenoxy) is 3. The molecular formula is C75H83Cl2N10O17+. The van der Waals surface area contributed by atoms with Gasteiger partial charge in [-0.25, -0.2) is 0 Å². The Morgan fingerprint density at radius 2 is 1.13 bits per heavy atom. The second kappa shape index (κ2) is 32.0. The number of unbranched alkanes of at least 4 members (excludes halogenated alkanes) is 7. The molecule has 17 N–H and O–H groups in total. The van der Waals surface area contributed by atoms with Crippen LogP contribution in [0.25, 0.3) is 11.1 Å². The van der Waals surface area contributed by atoms with E-state index >= 15 is 24.0 Å². The lowest BCUT2D eigenvalue weighted by Crippen LogP contribution is -2.55. The molecule has 0 aliphatic carbocycles. The van der Waals surface area contributed by atoms with Gasteiger partial charge in [0.05, 0.1) is 42.8 Å². The van der Waals surface area contributed by atoms with Crippen LogP contribution in [0.3, 0.4) is 0 Å². The number of phenolic OH excluding ortho intramolecular Hbond substituents is 6. The van der Waals surface area contributed by atoms with Crippen LogP contribution in [0.2, 0.25) is 10.0 Å². The Labute approximate surface area is 608 Å². The Kier molecular flexibility index (Phi) is 23.0. The lowest BCUT2D eigenvalue weighted by molar-refractivity contribution is -0.890. The number of carbonyl (C=O) groups is 7. The number of amides is 7. The summed E-state index contributed by atoms with van der Waals surface area (Å²) < 4.78 is 19.4. The topological polar surface area (TPSA) is 411 Å². The van der Waals surface area contributed by atoms with Crippen LogP contribution in [0.15, 0.2) is 109 Å².